The highest BCUT2D eigenvalue weighted by Crippen LogP contribution is 2.47. The summed E-state index contributed by atoms with van der Waals surface area (Å²) in [4.78, 5) is 13.8. The van der Waals surface area contributed by atoms with Gasteiger partial charge in [0.15, 0.2) is 0 Å². The first kappa shape index (κ1) is 17.4. The zero-order chi connectivity index (χ0) is 17.2. The summed E-state index contributed by atoms with van der Waals surface area (Å²) in [6.07, 6.45) is 1.66. The molecule has 24 heavy (non-hydrogen) atoms. The van der Waals surface area contributed by atoms with Crippen LogP contribution in [-0.2, 0) is 21.7 Å². The molecule has 0 aliphatic carbocycles. The Bertz CT molecular complexity index is 719. The number of carboxylic acid groups (broad SMARTS) is 1. The van der Waals surface area contributed by atoms with Crippen molar-refractivity contribution in [3.63, 3.8) is 0 Å². The van der Waals surface area contributed by atoms with Crippen molar-refractivity contribution in [1.82, 2.24) is 4.90 Å². The second-order valence-electron chi connectivity index (χ2n) is 6.13. The van der Waals surface area contributed by atoms with Crippen molar-refractivity contribution in [2.45, 2.75) is 25.0 Å². The number of nitrogens with zero attached hydrogens (tertiary/aromatic N) is 1. The minimum absolute atomic E-state index is 0.0546. The fourth-order valence-electron chi connectivity index (χ4n) is 3.30. The van der Waals surface area contributed by atoms with Gasteiger partial charge in [0.25, 0.3) is 0 Å². The number of benzene rings is 1. The predicted molar refractivity (Wildman–Crippen MR) is 95.7 cm³/mol. The van der Waals surface area contributed by atoms with Crippen molar-refractivity contribution < 1.29 is 14.6 Å². The highest BCUT2D eigenvalue weighted by molar-refractivity contribution is 7.10. The minimum atomic E-state index is -0.803. The van der Waals surface area contributed by atoms with Crippen molar-refractivity contribution in [3.05, 3.63) is 56.7 Å². The van der Waals surface area contributed by atoms with Crippen LogP contribution < -0.4 is 0 Å². The molecule has 0 spiro atoms. The van der Waals surface area contributed by atoms with E-state index in [4.69, 9.17) is 21.4 Å². The molecule has 0 fully saturated rings. The molecule has 0 saturated heterocycles. The lowest BCUT2D eigenvalue weighted by Crippen LogP contribution is -2.30. The molecule has 1 aromatic carbocycles. The zero-order valence-corrected chi connectivity index (χ0v) is 15.1. The minimum Gasteiger partial charge on any atom is -0.480 e. The van der Waals surface area contributed by atoms with Gasteiger partial charge in [0.1, 0.15) is 5.60 Å². The molecule has 2 heterocycles. The Morgan fingerprint density at radius 2 is 2.29 bits per heavy atom. The summed E-state index contributed by atoms with van der Waals surface area (Å²) in [7, 11) is 1.83. The van der Waals surface area contributed by atoms with E-state index in [0.717, 1.165) is 23.4 Å². The first-order valence-corrected chi connectivity index (χ1v) is 9.14. The average Bonchev–Trinajstić information content (AvgIpc) is 3.15. The molecule has 2 aromatic rings. The number of fused-ring (bicyclic) bond motifs is 1. The van der Waals surface area contributed by atoms with E-state index in [-0.39, 0.29) is 6.54 Å². The monoisotopic (exact) mass is 365 g/mol. The summed E-state index contributed by atoms with van der Waals surface area (Å²) in [5.74, 6) is -0.803. The van der Waals surface area contributed by atoms with Gasteiger partial charge in [-0.3, -0.25) is 9.69 Å². The van der Waals surface area contributed by atoms with Crippen LogP contribution >= 0.6 is 22.9 Å². The van der Waals surface area contributed by atoms with Gasteiger partial charge in [-0.05, 0) is 61.1 Å². The molecule has 6 heteroatoms. The summed E-state index contributed by atoms with van der Waals surface area (Å²) < 4.78 is 6.29. The number of halogens is 1. The van der Waals surface area contributed by atoms with Gasteiger partial charge in [-0.1, -0.05) is 23.7 Å². The van der Waals surface area contributed by atoms with Crippen molar-refractivity contribution in [2.24, 2.45) is 0 Å². The van der Waals surface area contributed by atoms with Gasteiger partial charge in [-0.15, -0.1) is 11.3 Å². The number of thiophene rings is 1. The summed E-state index contributed by atoms with van der Waals surface area (Å²) in [5.41, 5.74) is 1.86. The molecule has 1 aliphatic rings. The van der Waals surface area contributed by atoms with Gasteiger partial charge in [0, 0.05) is 9.90 Å². The van der Waals surface area contributed by atoms with Gasteiger partial charge >= 0.3 is 5.97 Å². The van der Waals surface area contributed by atoms with Gasteiger partial charge in [0.05, 0.1) is 13.2 Å². The summed E-state index contributed by atoms with van der Waals surface area (Å²) in [6, 6.07) is 10.1. The van der Waals surface area contributed by atoms with Crippen LogP contribution in [0.5, 0.6) is 0 Å². The molecule has 3 rings (SSSR count). The lowest BCUT2D eigenvalue weighted by molar-refractivity contribution is -0.138. The molecule has 1 atom stereocenters. The van der Waals surface area contributed by atoms with Gasteiger partial charge in [0.2, 0.25) is 0 Å². The highest BCUT2D eigenvalue weighted by Gasteiger charge is 2.42. The summed E-state index contributed by atoms with van der Waals surface area (Å²) >= 11 is 7.81. The van der Waals surface area contributed by atoms with Crippen LogP contribution in [-0.4, -0.2) is 36.1 Å². The number of hydrogen-bond acceptors (Lipinski definition) is 4. The first-order chi connectivity index (χ1) is 11.5. The van der Waals surface area contributed by atoms with Crippen molar-refractivity contribution in [2.75, 3.05) is 20.1 Å². The maximum Gasteiger partial charge on any atom is 0.317 e. The van der Waals surface area contributed by atoms with E-state index >= 15 is 0 Å². The number of aliphatic carboxylic acids is 1. The Hall–Kier alpha value is -1.40. The third kappa shape index (κ3) is 3.49. The number of carboxylic acids is 1. The Balaban J connectivity index is 1.81. The normalized spacial score (nSPS) is 19.6. The SMILES string of the molecule is CN(CCCC1(c2cccs2)OCc2cc(Cl)ccc21)CC(=O)O. The second-order valence-corrected chi connectivity index (χ2v) is 7.51. The maximum atomic E-state index is 10.8. The molecular weight excluding hydrogens is 346 g/mol. The quantitative estimate of drug-likeness (QED) is 0.806. The number of rotatable bonds is 7. The van der Waals surface area contributed by atoms with Crippen molar-refractivity contribution in [1.29, 1.82) is 0 Å². The molecule has 1 aromatic heterocycles. The molecule has 0 amide bonds. The standard InChI is InChI=1S/C18H20ClNO3S/c1-20(11-17(21)22)8-3-7-18(16-4-2-9-24-16)15-6-5-14(19)10-13(15)12-23-18/h2,4-6,9-10H,3,7-8,11-12H2,1H3,(H,21,22). The van der Waals surface area contributed by atoms with E-state index in [1.54, 1.807) is 11.3 Å². The van der Waals surface area contributed by atoms with Crippen LogP contribution in [0.15, 0.2) is 35.7 Å². The molecule has 1 aliphatic heterocycles. The summed E-state index contributed by atoms with van der Waals surface area (Å²) in [6.45, 7) is 1.32. The predicted octanol–water partition coefficient (Wildman–Crippen LogP) is 3.97. The van der Waals surface area contributed by atoms with E-state index in [2.05, 4.69) is 17.5 Å². The topological polar surface area (TPSA) is 49.8 Å². The highest BCUT2D eigenvalue weighted by atomic mass is 35.5. The maximum absolute atomic E-state index is 10.8. The molecule has 4 nitrogen and oxygen atoms in total. The second kappa shape index (κ2) is 7.23. The fourth-order valence-corrected chi connectivity index (χ4v) is 4.42. The molecule has 1 unspecified atom stereocenters. The van der Waals surface area contributed by atoms with Crippen LogP contribution in [0.2, 0.25) is 5.02 Å². The Morgan fingerprint density at radius 1 is 1.46 bits per heavy atom. The Kier molecular flexibility index (Phi) is 5.25. The van der Waals surface area contributed by atoms with Crippen molar-refractivity contribution >= 4 is 28.9 Å². The third-order valence-electron chi connectivity index (χ3n) is 4.37. The molecule has 1 N–H and O–H groups in total. The van der Waals surface area contributed by atoms with E-state index in [1.165, 1.54) is 10.4 Å². The van der Waals surface area contributed by atoms with Crippen LogP contribution in [0.1, 0.15) is 28.8 Å². The Morgan fingerprint density at radius 3 is 3.00 bits per heavy atom. The number of carbonyl (C=O) groups is 1. The van der Waals surface area contributed by atoms with Gasteiger partial charge < -0.3 is 9.84 Å². The fraction of sp³-hybridized carbons (Fsp3) is 0.389. The van der Waals surface area contributed by atoms with Crippen LogP contribution in [0, 0.1) is 0 Å². The average molecular weight is 366 g/mol. The third-order valence-corrected chi connectivity index (χ3v) is 5.62. The lowest BCUT2D eigenvalue weighted by Gasteiger charge is -2.29. The van der Waals surface area contributed by atoms with Gasteiger partial charge in [-0.2, -0.15) is 0 Å². The molecule has 0 saturated carbocycles. The van der Waals surface area contributed by atoms with Gasteiger partial charge in [-0.25, -0.2) is 0 Å². The number of hydrogen-bond donors (Lipinski definition) is 1. The van der Waals surface area contributed by atoms with E-state index in [0.29, 0.717) is 13.2 Å². The molecule has 0 bridgehead atoms. The smallest absolute Gasteiger partial charge is 0.317 e. The van der Waals surface area contributed by atoms with Crippen LogP contribution in [0.3, 0.4) is 0 Å². The van der Waals surface area contributed by atoms with Crippen LogP contribution in [0.25, 0.3) is 0 Å². The molecule has 0 radical (unpaired) electrons. The van der Waals surface area contributed by atoms with Crippen LogP contribution in [0.4, 0.5) is 0 Å². The van der Waals surface area contributed by atoms with Crippen molar-refractivity contribution in [3.8, 4) is 0 Å². The largest absolute Gasteiger partial charge is 0.480 e. The number of likely N-dealkylation sites (N-methyl/N-ethyl adjacent to an activating group) is 1. The summed E-state index contributed by atoms with van der Waals surface area (Å²) in [5, 5.41) is 11.7. The molecular formula is C18H20ClNO3S. The number of ether oxygens (including phenoxy) is 1. The van der Waals surface area contributed by atoms with E-state index in [9.17, 15) is 4.79 Å². The lowest BCUT2D eigenvalue weighted by atomic mass is 9.86. The Labute approximate surface area is 150 Å². The zero-order valence-electron chi connectivity index (χ0n) is 13.5. The first-order valence-electron chi connectivity index (χ1n) is 7.88. The van der Waals surface area contributed by atoms with E-state index in [1.807, 2.05) is 30.1 Å². The van der Waals surface area contributed by atoms with E-state index < -0.39 is 11.6 Å². The molecule has 128 valence electrons.